The summed E-state index contributed by atoms with van der Waals surface area (Å²) in [4.78, 5) is 26.0. The van der Waals surface area contributed by atoms with Crippen molar-refractivity contribution in [2.75, 3.05) is 11.4 Å². The minimum absolute atomic E-state index is 0.123. The van der Waals surface area contributed by atoms with Gasteiger partial charge in [-0.2, -0.15) is 0 Å². The topological polar surface area (TPSA) is 61.4 Å². The Balaban J connectivity index is 1.53. The molecule has 0 bridgehead atoms. The van der Waals surface area contributed by atoms with Gasteiger partial charge in [0, 0.05) is 18.8 Å². The number of nitrogens with one attached hydrogen (secondary N) is 2. The summed E-state index contributed by atoms with van der Waals surface area (Å²) in [5.41, 5.74) is 1.49. The summed E-state index contributed by atoms with van der Waals surface area (Å²) in [7, 11) is 0. The number of hydrogen-bond acceptors (Lipinski definition) is 2. The molecule has 1 saturated heterocycles. The predicted octanol–water partition coefficient (Wildman–Crippen LogP) is 2.43. The molecular formula is C18H18FN3O2. The Hall–Kier alpha value is -2.89. The Morgan fingerprint density at radius 3 is 2.71 bits per heavy atom. The van der Waals surface area contributed by atoms with E-state index in [1.54, 1.807) is 17.0 Å². The van der Waals surface area contributed by atoms with Gasteiger partial charge in [0.15, 0.2) is 0 Å². The van der Waals surface area contributed by atoms with Crippen LogP contribution in [0.5, 0.6) is 0 Å². The van der Waals surface area contributed by atoms with Gasteiger partial charge in [0.25, 0.3) is 0 Å². The van der Waals surface area contributed by atoms with Gasteiger partial charge in [-0.05, 0) is 36.2 Å². The minimum atomic E-state index is -0.544. The van der Waals surface area contributed by atoms with Crippen molar-refractivity contribution >= 4 is 17.6 Å². The molecule has 1 aliphatic rings. The van der Waals surface area contributed by atoms with Crippen LogP contribution in [0, 0.1) is 5.82 Å². The molecule has 0 aliphatic carbocycles. The molecular weight excluding hydrogens is 309 g/mol. The molecule has 2 N–H and O–H groups in total. The highest BCUT2D eigenvalue weighted by atomic mass is 19.1. The average molecular weight is 327 g/mol. The molecule has 0 unspecified atom stereocenters. The van der Waals surface area contributed by atoms with Crippen molar-refractivity contribution in [3.05, 3.63) is 66.0 Å². The SMILES string of the molecule is O=C(NCc1cccc(F)c1)N[C@@H]1CCN(c2ccccc2)C1=O. The van der Waals surface area contributed by atoms with Crippen LogP contribution in [0.3, 0.4) is 0 Å². The number of hydrogen-bond donors (Lipinski definition) is 2. The molecule has 3 amide bonds. The summed E-state index contributed by atoms with van der Waals surface area (Å²) in [6.45, 7) is 0.768. The molecule has 1 heterocycles. The highest BCUT2D eigenvalue weighted by Crippen LogP contribution is 2.20. The van der Waals surface area contributed by atoms with Crippen LogP contribution in [-0.2, 0) is 11.3 Å². The number of anilines is 1. The molecule has 0 spiro atoms. The van der Waals surface area contributed by atoms with E-state index in [9.17, 15) is 14.0 Å². The lowest BCUT2D eigenvalue weighted by Crippen LogP contribution is -2.45. The number of urea groups is 1. The number of benzene rings is 2. The van der Waals surface area contributed by atoms with Crippen molar-refractivity contribution in [1.29, 1.82) is 0 Å². The van der Waals surface area contributed by atoms with Crippen LogP contribution in [-0.4, -0.2) is 24.5 Å². The Morgan fingerprint density at radius 2 is 1.96 bits per heavy atom. The summed E-state index contributed by atoms with van der Waals surface area (Å²) in [5.74, 6) is -0.471. The van der Waals surface area contributed by atoms with E-state index >= 15 is 0 Å². The normalized spacial score (nSPS) is 17.0. The van der Waals surface area contributed by atoms with Crippen molar-refractivity contribution in [2.45, 2.75) is 19.0 Å². The molecule has 6 heteroatoms. The fourth-order valence-electron chi connectivity index (χ4n) is 2.72. The van der Waals surface area contributed by atoms with Gasteiger partial charge >= 0.3 is 6.03 Å². The highest BCUT2D eigenvalue weighted by molar-refractivity contribution is 6.01. The molecule has 0 aromatic heterocycles. The van der Waals surface area contributed by atoms with E-state index in [-0.39, 0.29) is 18.3 Å². The second-order valence-electron chi connectivity index (χ2n) is 5.62. The molecule has 5 nitrogen and oxygen atoms in total. The second-order valence-corrected chi connectivity index (χ2v) is 5.62. The number of amides is 3. The van der Waals surface area contributed by atoms with Crippen LogP contribution in [0.15, 0.2) is 54.6 Å². The summed E-state index contributed by atoms with van der Waals surface area (Å²) < 4.78 is 13.1. The number of halogens is 1. The summed E-state index contributed by atoms with van der Waals surface area (Å²) >= 11 is 0. The van der Waals surface area contributed by atoms with Gasteiger partial charge < -0.3 is 15.5 Å². The Labute approximate surface area is 139 Å². The van der Waals surface area contributed by atoms with Gasteiger partial charge in [-0.1, -0.05) is 30.3 Å². The zero-order valence-corrected chi connectivity index (χ0v) is 13.0. The largest absolute Gasteiger partial charge is 0.334 e. The molecule has 2 aromatic carbocycles. The van der Waals surface area contributed by atoms with Crippen molar-refractivity contribution in [3.63, 3.8) is 0 Å². The predicted molar refractivity (Wildman–Crippen MR) is 89.0 cm³/mol. The maximum absolute atomic E-state index is 13.1. The van der Waals surface area contributed by atoms with Crippen molar-refractivity contribution in [3.8, 4) is 0 Å². The molecule has 3 rings (SSSR count). The Morgan fingerprint density at radius 1 is 1.17 bits per heavy atom. The number of nitrogens with zero attached hydrogens (tertiary/aromatic N) is 1. The van der Waals surface area contributed by atoms with Gasteiger partial charge in [-0.25, -0.2) is 9.18 Å². The molecule has 0 saturated carbocycles. The first-order valence-corrected chi connectivity index (χ1v) is 7.79. The quantitative estimate of drug-likeness (QED) is 0.906. The first-order valence-electron chi connectivity index (χ1n) is 7.79. The fourth-order valence-corrected chi connectivity index (χ4v) is 2.72. The maximum atomic E-state index is 13.1. The molecule has 1 atom stereocenters. The van der Waals surface area contributed by atoms with E-state index in [0.717, 1.165) is 5.69 Å². The summed E-state index contributed by atoms with van der Waals surface area (Å²) in [6, 6.07) is 14.4. The lowest BCUT2D eigenvalue weighted by atomic mass is 10.2. The maximum Gasteiger partial charge on any atom is 0.315 e. The van der Waals surface area contributed by atoms with Gasteiger partial charge in [-0.15, -0.1) is 0 Å². The van der Waals surface area contributed by atoms with Crippen molar-refractivity contribution < 1.29 is 14.0 Å². The molecule has 124 valence electrons. The number of para-hydroxylation sites is 1. The molecule has 0 radical (unpaired) electrons. The van der Waals surface area contributed by atoms with Crippen LogP contribution in [0.2, 0.25) is 0 Å². The number of carbonyl (C=O) groups is 2. The standard InChI is InChI=1S/C18H18FN3O2/c19-14-6-4-5-13(11-14)12-20-18(24)21-16-9-10-22(17(16)23)15-7-2-1-3-8-15/h1-8,11,16H,9-10,12H2,(H2,20,21,24)/t16-/m1/s1. The van der Waals surface area contributed by atoms with Crippen LogP contribution in [0.4, 0.5) is 14.9 Å². The first-order chi connectivity index (χ1) is 11.6. The lowest BCUT2D eigenvalue weighted by Gasteiger charge is -2.17. The third-order valence-corrected chi connectivity index (χ3v) is 3.92. The van der Waals surface area contributed by atoms with Crippen molar-refractivity contribution in [2.24, 2.45) is 0 Å². The van der Waals surface area contributed by atoms with Crippen LogP contribution < -0.4 is 15.5 Å². The van der Waals surface area contributed by atoms with E-state index in [1.165, 1.54) is 12.1 Å². The summed E-state index contributed by atoms with van der Waals surface area (Å²) in [6.07, 6.45) is 0.557. The van der Waals surface area contributed by atoms with Gasteiger partial charge in [-0.3, -0.25) is 4.79 Å². The van der Waals surface area contributed by atoms with Crippen LogP contribution >= 0.6 is 0 Å². The highest BCUT2D eigenvalue weighted by Gasteiger charge is 2.33. The fraction of sp³-hybridized carbons (Fsp3) is 0.222. The average Bonchev–Trinajstić information content (AvgIpc) is 2.95. The third-order valence-electron chi connectivity index (χ3n) is 3.92. The van der Waals surface area contributed by atoms with E-state index < -0.39 is 12.1 Å². The smallest absolute Gasteiger partial charge is 0.315 e. The zero-order chi connectivity index (χ0) is 16.9. The first kappa shape index (κ1) is 16.0. The van der Waals surface area contributed by atoms with Gasteiger partial charge in [0.05, 0.1) is 0 Å². The van der Waals surface area contributed by atoms with Crippen LogP contribution in [0.1, 0.15) is 12.0 Å². The molecule has 1 aliphatic heterocycles. The number of carbonyl (C=O) groups excluding carboxylic acids is 2. The van der Waals surface area contributed by atoms with E-state index in [1.807, 2.05) is 30.3 Å². The molecule has 2 aromatic rings. The summed E-state index contributed by atoms with van der Waals surface area (Å²) in [5, 5.41) is 5.32. The van der Waals surface area contributed by atoms with Gasteiger partial charge in [0.2, 0.25) is 5.91 Å². The number of rotatable bonds is 4. The molecule has 1 fully saturated rings. The van der Waals surface area contributed by atoms with E-state index in [0.29, 0.717) is 18.5 Å². The van der Waals surface area contributed by atoms with E-state index in [4.69, 9.17) is 0 Å². The van der Waals surface area contributed by atoms with Gasteiger partial charge in [0.1, 0.15) is 11.9 Å². The monoisotopic (exact) mass is 327 g/mol. The Kier molecular flexibility index (Phi) is 4.74. The van der Waals surface area contributed by atoms with E-state index in [2.05, 4.69) is 10.6 Å². The minimum Gasteiger partial charge on any atom is -0.334 e. The third kappa shape index (κ3) is 3.71. The Bertz CT molecular complexity index is 736. The van der Waals surface area contributed by atoms with Crippen LogP contribution in [0.25, 0.3) is 0 Å². The second kappa shape index (κ2) is 7.12. The van der Waals surface area contributed by atoms with Crippen molar-refractivity contribution in [1.82, 2.24) is 10.6 Å². The zero-order valence-electron chi connectivity index (χ0n) is 13.0. The lowest BCUT2D eigenvalue weighted by molar-refractivity contribution is -0.118. The molecule has 24 heavy (non-hydrogen) atoms.